The summed E-state index contributed by atoms with van der Waals surface area (Å²) >= 11 is 0. The molecule has 1 unspecified atom stereocenters. The van der Waals surface area contributed by atoms with E-state index in [4.69, 9.17) is 4.74 Å². The number of rotatable bonds is 5. The van der Waals surface area contributed by atoms with Gasteiger partial charge in [-0.25, -0.2) is 0 Å². The molecule has 0 aliphatic carbocycles. The number of esters is 1. The third-order valence-electron chi connectivity index (χ3n) is 3.35. The molecule has 3 nitrogen and oxygen atoms in total. The van der Waals surface area contributed by atoms with Crippen LogP contribution in [0.15, 0.2) is 54.6 Å². The van der Waals surface area contributed by atoms with E-state index < -0.39 is 5.92 Å². The molecule has 2 aromatic rings. The van der Waals surface area contributed by atoms with E-state index >= 15 is 0 Å². The third-order valence-corrected chi connectivity index (χ3v) is 3.35. The minimum absolute atomic E-state index is 0.0812. The normalized spacial score (nSPS) is 11.7. The molecule has 108 valence electrons. The Morgan fingerprint density at radius 1 is 1.00 bits per heavy atom. The number of benzene rings is 2. The first-order valence-electron chi connectivity index (χ1n) is 7.00. The number of ketones is 1. The second-order valence-electron chi connectivity index (χ2n) is 4.76. The number of hydrogen-bond acceptors (Lipinski definition) is 3. The van der Waals surface area contributed by atoms with Crippen LogP contribution in [0.3, 0.4) is 0 Å². The van der Waals surface area contributed by atoms with Gasteiger partial charge >= 0.3 is 5.97 Å². The van der Waals surface area contributed by atoms with Crippen molar-refractivity contribution in [3.63, 3.8) is 0 Å². The van der Waals surface area contributed by atoms with E-state index in [-0.39, 0.29) is 11.8 Å². The van der Waals surface area contributed by atoms with Crippen LogP contribution < -0.4 is 0 Å². The Hall–Kier alpha value is -2.42. The zero-order chi connectivity index (χ0) is 15.2. The molecule has 1 atom stereocenters. The fourth-order valence-corrected chi connectivity index (χ4v) is 2.22. The minimum atomic E-state index is -0.464. The van der Waals surface area contributed by atoms with Crippen LogP contribution >= 0.6 is 0 Å². The molecular weight excluding hydrogens is 264 g/mol. The first kappa shape index (κ1) is 15.0. The highest BCUT2D eigenvalue weighted by atomic mass is 16.5. The maximum absolute atomic E-state index is 12.6. The average Bonchev–Trinajstić information content (AvgIpc) is 2.54. The quantitative estimate of drug-likeness (QED) is 0.622. The zero-order valence-corrected chi connectivity index (χ0v) is 12.2. The van der Waals surface area contributed by atoms with Gasteiger partial charge in [0, 0.05) is 11.1 Å². The third kappa shape index (κ3) is 3.37. The van der Waals surface area contributed by atoms with Crippen molar-refractivity contribution in [2.45, 2.75) is 19.8 Å². The van der Waals surface area contributed by atoms with E-state index in [2.05, 4.69) is 0 Å². The van der Waals surface area contributed by atoms with Gasteiger partial charge in [-0.1, -0.05) is 54.6 Å². The van der Waals surface area contributed by atoms with Crippen molar-refractivity contribution in [3.05, 3.63) is 71.3 Å². The molecule has 21 heavy (non-hydrogen) atoms. The van der Waals surface area contributed by atoms with Crippen LogP contribution in [0.2, 0.25) is 0 Å². The molecule has 0 aromatic heterocycles. The smallest absolute Gasteiger partial charge is 0.313 e. The van der Waals surface area contributed by atoms with Crippen molar-refractivity contribution < 1.29 is 14.3 Å². The monoisotopic (exact) mass is 282 g/mol. The SMILES string of the molecule is CCOC(=O)C(C)c1ccccc1C(=O)c1ccccc1. The lowest BCUT2D eigenvalue weighted by Gasteiger charge is -2.14. The van der Waals surface area contributed by atoms with Crippen molar-refractivity contribution >= 4 is 11.8 Å². The van der Waals surface area contributed by atoms with E-state index in [0.29, 0.717) is 23.3 Å². The minimum Gasteiger partial charge on any atom is -0.466 e. The van der Waals surface area contributed by atoms with Crippen LogP contribution in [0.1, 0.15) is 41.3 Å². The number of carbonyl (C=O) groups excluding carboxylic acids is 2. The van der Waals surface area contributed by atoms with Gasteiger partial charge < -0.3 is 4.74 Å². The predicted molar refractivity (Wildman–Crippen MR) is 81.4 cm³/mol. The molecule has 2 aromatic carbocycles. The molecule has 0 aliphatic rings. The van der Waals surface area contributed by atoms with Gasteiger partial charge in [0.1, 0.15) is 0 Å². The standard InChI is InChI=1S/C18H18O3/c1-3-21-18(20)13(2)15-11-7-8-12-16(15)17(19)14-9-5-4-6-10-14/h4-13H,3H2,1-2H3. The van der Waals surface area contributed by atoms with Gasteiger partial charge in [0.25, 0.3) is 0 Å². The summed E-state index contributed by atoms with van der Waals surface area (Å²) in [5.74, 6) is -0.859. The Balaban J connectivity index is 2.37. The molecule has 0 saturated heterocycles. The van der Waals surface area contributed by atoms with Gasteiger partial charge in [0.2, 0.25) is 0 Å². The van der Waals surface area contributed by atoms with Crippen LogP contribution in [0, 0.1) is 0 Å². The van der Waals surface area contributed by atoms with Gasteiger partial charge in [-0.05, 0) is 19.4 Å². The topological polar surface area (TPSA) is 43.4 Å². The highest BCUT2D eigenvalue weighted by molar-refractivity contribution is 6.10. The molecule has 0 aliphatic heterocycles. The fourth-order valence-electron chi connectivity index (χ4n) is 2.22. The summed E-state index contributed by atoms with van der Waals surface area (Å²) < 4.78 is 5.05. The summed E-state index contributed by atoms with van der Waals surface area (Å²) in [5, 5.41) is 0. The van der Waals surface area contributed by atoms with E-state index in [0.717, 1.165) is 0 Å². The van der Waals surface area contributed by atoms with E-state index in [1.807, 2.05) is 24.3 Å². The van der Waals surface area contributed by atoms with E-state index in [1.54, 1.807) is 44.2 Å². The summed E-state index contributed by atoms with van der Waals surface area (Å²) in [6.07, 6.45) is 0. The Labute approximate surface area is 124 Å². The Bertz CT molecular complexity index is 632. The van der Waals surface area contributed by atoms with Crippen LogP contribution in [-0.2, 0) is 9.53 Å². The van der Waals surface area contributed by atoms with Gasteiger partial charge in [-0.2, -0.15) is 0 Å². The molecule has 0 heterocycles. The molecule has 3 heteroatoms. The van der Waals surface area contributed by atoms with Gasteiger partial charge in [0.05, 0.1) is 12.5 Å². The molecular formula is C18H18O3. The molecule has 2 rings (SSSR count). The summed E-state index contributed by atoms with van der Waals surface area (Å²) in [4.78, 5) is 24.5. The first-order valence-corrected chi connectivity index (χ1v) is 7.00. The Kier molecular flexibility index (Phi) is 4.88. The first-order chi connectivity index (χ1) is 10.1. The van der Waals surface area contributed by atoms with Crippen molar-refractivity contribution in [2.75, 3.05) is 6.61 Å². The maximum Gasteiger partial charge on any atom is 0.313 e. The maximum atomic E-state index is 12.6. The van der Waals surface area contributed by atoms with E-state index in [1.165, 1.54) is 0 Å². The Morgan fingerprint density at radius 2 is 1.62 bits per heavy atom. The summed E-state index contributed by atoms with van der Waals surface area (Å²) in [6, 6.07) is 16.2. The zero-order valence-electron chi connectivity index (χ0n) is 12.2. The van der Waals surface area contributed by atoms with Crippen molar-refractivity contribution in [1.82, 2.24) is 0 Å². The molecule has 0 bridgehead atoms. The predicted octanol–water partition coefficient (Wildman–Crippen LogP) is 3.58. The highest BCUT2D eigenvalue weighted by Crippen LogP contribution is 2.23. The van der Waals surface area contributed by atoms with Crippen LogP contribution in [-0.4, -0.2) is 18.4 Å². The number of carbonyl (C=O) groups is 2. The van der Waals surface area contributed by atoms with Crippen molar-refractivity contribution in [3.8, 4) is 0 Å². The molecule has 0 amide bonds. The van der Waals surface area contributed by atoms with Crippen molar-refractivity contribution in [2.24, 2.45) is 0 Å². The number of ether oxygens (including phenoxy) is 1. The Morgan fingerprint density at radius 3 is 2.29 bits per heavy atom. The van der Waals surface area contributed by atoms with Gasteiger partial charge in [-0.3, -0.25) is 9.59 Å². The molecule has 0 fully saturated rings. The molecule has 0 spiro atoms. The lowest BCUT2D eigenvalue weighted by atomic mass is 9.91. The van der Waals surface area contributed by atoms with Gasteiger partial charge in [0.15, 0.2) is 5.78 Å². The molecule has 0 N–H and O–H groups in total. The summed E-state index contributed by atoms with van der Waals surface area (Å²) in [7, 11) is 0. The second kappa shape index (κ2) is 6.84. The van der Waals surface area contributed by atoms with Crippen LogP contribution in [0.25, 0.3) is 0 Å². The fraction of sp³-hybridized carbons (Fsp3) is 0.222. The lowest BCUT2D eigenvalue weighted by Crippen LogP contribution is -2.16. The van der Waals surface area contributed by atoms with E-state index in [9.17, 15) is 9.59 Å². The average molecular weight is 282 g/mol. The van der Waals surface area contributed by atoms with Crippen LogP contribution in [0.5, 0.6) is 0 Å². The van der Waals surface area contributed by atoms with Gasteiger partial charge in [-0.15, -0.1) is 0 Å². The largest absolute Gasteiger partial charge is 0.466 e. The van der Waals surface area contributed by atoms with Crippen molar-refractivity contribution in [1.29, 1.82) is 0 Å². The summed E-state index contributed by atoms with van der Waals surface area (Å²) in [6.45, 7) is 3.86. The lowest BCUT2D eigenvalue weighted by molar-refractivity contribution is -0.144. The molecule has 0 saturated carbocycles. The van der Waals surface area contributed by atoms with Crippen LogP contribution in [0.4, 0.5) is 0 Å². The summed E-state index contributed by atoms with van der Waals surface area (Å²) in [5.41, 5.74) is 1.86. The molecule has 0 radical (unpaired) electrons. The number of hydrogen-bond donors (Lipinski definition) is 0. The highest BCUT2D eigenvalue weighted by Gasteiger charge is 2.22. The second-order valence-corrected chi connectivity index (χ2v) is 4.76.